The van der Waals surface area contributed by atoms with Gasteiger partial charge in [0.2, 0.25) is 0 Å². The lowest BCUT2D eigenvalue weighted by molar-refractivity contribution is 0.511. The molecule has 0 amide bonds. The molecule has 0 aliphatic carbocycles. The van der Waals surface area contributed by atoms with Crippen molar-refractivity contribution in [2.75, 3.05) is 0 Å². The molecule has 0 fully saturated rings. The second-order valence-corrected chi connectivity index (χ2v) is 8.42. The maximum absolute atomic E-state index is 14.5. The molecule has 0 aliphatic rings. The molecular formula is C31H24F4. The summed E-state index contributed by atoms with van der Waals surface area (Å²) in [7, 11) is 0. The van der Waals surface area contributed by atoms with E-state index in [1.807, 2.05) is 43.3 Å². The number of benzene rings is 4. The van der Waals surface area contributed by atoms with Crippen LogP contribution in [0, 0.1) is 35.1 Å². The zero-order valence-corrected chi connectivity index (χ0v) is 19.3. The first-order valence-electron chi connectivity index (χ1n) is 11.5. The molecule has 0 N–H and O–H groups in total. The highest BCUT2D eigenvalue weighted by Crippen LogP contribution is 2.21. The second kappa shape index (κ2) is 11.1. The van der Waals surface area contributed by atoms with Crippen molar-refractivity contribution in [2.24, 2.45) is 0 Å². The monoisotopic (exact) mass is 472 g/mol. The highest BCUT2D eigenvalue weighted by molar-refractivity contribution is 5.84. The number of allylic oxidation sites excluding steroid dienone is 2. The molecule has 0 spiro atoms. The third kappa shape index (κ3) is 6.19. The molecule has 0 atom stereocenters. The van der Waals surface area contributed by atoms with Gasteiger partial charge in [-0.05, 0) is 103 Å². The number of hydrogen-bond acceptors (Lipinski definition) is 0. The van der Waals surface area contributed by atoms with Crippen LogP contribution in [0.4, 0.5) is 17.6 Å². The van der Waals surface area contributed by atoms with E-state index in [9.17, 15) is 17.6 Å². The Morgan fingerprint density at radius 2 is 1.23 bits per heavy atom. The van der Waals surface area contributed by atoms with E-state index in [2.05, 4.69) is 11.8 Å². The third-order valence-electron chi connectivity index (χ3n) is 5.88. The first kappa shape index (κ1) is 24.3. The smallest absolute Gasteiger partial charge is 0.159 e. The number of rotatable bonds is 6. The molecule has 0 aromatic heterocycles. The van der Waals surface area contributed by atoms with E-state index in [1.165, 1.54) is 12.1 Å². The number of halogens is 4. The molecular weight excluding hydrogens is 448 g/mol. The minimum absolute atomic E-state index is 0.108. The molecule has 0 nitrogen and oxygen atoms in total. The van der Waals surface area contributed by atoms with Crippen molar-refractivity contribution >= 4 is 10.8 Å². The fourth-order valence-electron chi connectivity index (χ4n) is 3.94. The summed E-state index contributed by atoms with van der Waals surface area (Å²) in [5.41, 5.74) is 3.19. The van der Waals surface area contributed by atoms with E-state index in [1.54, 1.807) is 18.2 Å². The largest absolute Gasteiger partial charge is 0.207 e. The molecule has 0 aliphatic heterocycles. The van der Waals surface area contributed by atoms with Gasteiger partial charge in [-0.15, -0.1) is 0 Å². The van der Waals surface area contributed by atoms with Crippen LogP contribution >= 0.6 is 0 Å². The summed E-state index contributed by atoms with van der Waals surface area (Å²) >= 11 is 0. The average Bonchev–Trinajstić information content (AvgIpc) is 2.84. The van der Waals surface area contributed by atoms with Gasteiger partial charge in [0.15, 0.2) is 11.6 Å². The summed E-state index contributed by atoms with van der Waals surface area (Å²) in [4.78, 5) is 0. The van der Waals surface area contributed by atoms with Crippen LogP contribution in [-0.2, 0) is 19.3 Å². The van der Waals surface area contributed by atoms with Gasteiger partial charge in [0.05, 0.1) is 0 Å². The lowest BCUT2D eigenvalue weighted by Gasteiger charge is -2.08. The quantitative estimate of drug-likeness (QED) is 0.151. The maximum Gasteiger partial charge on any atom is 0.159 e. The van der Waals surface area contributed by atoms with Gasteiger partial charge in [0, 0.05) is 16.7 Å². The predicted molar refractivity (Wildman–Crippen MR) is 133 cm³/mol. The van der Waals surface area contributed by atoms with Crippen molar-refractivity contribution in [3.63, 3.8) is 0 Å². The Labute approximate surface area is 202 Å². The Morgan fingerprint density at radius 3 is 1.91 bits per heavy atom. The predicted octanol–water partition coefficient (Wildman–Crippen LogP) is 8.09. The van der Waals surface area contributed by atoms with Gasteiger partial charge in [-0.2, -0.15) is 0 Å². The highest BCUT2D eigenvalue weighted by atomic mass is 19.2. The van der Waals surface area contributed by atoms with E-state index < -0.39 is 23.3 Å². The molecule has 4 aromatic rings. The first-order valence-corrected chi connectivity index (χ1v) is 11.5. The van der Waals surface area contributed by atoms with Gasteiger partial charge < -0.3 is 0 Å². The first-order chi connectivity index (χ1) is 16.9. The number of fused-ring (bicyclic) bond motifs is 1. The normalized spacial score (nSPS) is 11.1. The van der Waals surface area contributed by atoms with Crippen molar-refractivity contribution in [3.8, 4) is 11.8 Å². The minimum atomic E-state index is -0.890. The van der Waals surface area contributed by atoms with Crippen LogP contribution in [0.3, 0.4) is 0 Å². The molecule has 0 unspecified atom stereocenters. The van der Waals surface area contributed by atoms with Crippen LogP contribution in [0.1, 0.15) is 41.2 Å². The van der Waals surface area contributed by atoms with Crippen molar-refractivity contribution in [1.29, 1.82) is 0 Å². The Hall–Kier alpha value is -3.84. The van der Waals surface area contributed by atoms with Gasteiger partial charge in [-0.1, -0.05) is 42.2 Å². The lowest BCUT2D eigenvalue weighted by Crippen LogP contribution is -2.01. The van der Waals surface area contributed by atoms with Crippen LogP contribution in [0.5, 0.6) is 0 Å². The molecule has 0 radical (unpaired) electrons. The molecule has 4 rings (SSSR count). The van der Waals surface area contributed by atoms with E-state index in [-0.39, 0.29) is 12.0 Å². The number of hydrogen-bond donors (Lipinski definition) is 0. The molecule has 0 saturated heterocycles. The summed E-state index contributed by atoms with van der Waals surface area (Å²) in [6.07, 6.45) is 6.03. The van der Waals surface area contributed by atoms with Crippen molar-refractivity contribution in [1.82, 2.24) is 0 Å². The molecule has 0 bridgehead atoms. The summed E-state index contributed by atoms with van der Waals surface area (Å²) in [6.45, 7) is 1.92. The summed E-state index contributed by atoms with van der Waals surface area (Å²) in [6, 6.07) is 17.9. The Balaban J connectivity index is 1.41. The van der Waals surface area contributed by atoms with Crippen LogP contribution in [0.15, 0.2) is 78.9 Å². The SMILES string of the molecule is C/C=C/CCc1cc(F)c(CCc2ccc(C#Cc3ccc4cc(F)c(F)cc4c3)cc2)c(F)c1. The molecule has 35 heavy (non-hydrogen) atoms. The molecule has 176 valence electrons. The van der Waals surface area contributed by atoms with Crippen LogP contribution in [0.25, 0.3) is 10.8 Å². The van der Waals surface area contributed by atoms with E-state index in [4.69, 9.17) is 0 Å². The van der Waals surface area contributed by atoms with Gasteiger partial charge >= 0.3 is 0 Å². The van der Waals surface area contributed by atoms with Crippen LogP contribution in [0.2, 0.25) is 0 Å². The summed E-state index contributed by atoms with van der Waals surface area (Å²) < 4.78 is 55.8. The van der Waals surface area contributed by atoms with Gasteiger partial charge in [0.1, 0.15) is 11.6 Å². The highest BCUT2D eigenvalue weighted by Gasteiger charge is 2.11. The van der Waals surface area contributed by atoms with E-state index in [0.29, 0.717) is 34.7 Å². The van der Waals surface area contributed by atoms with E-state index >= 15 is 0 Å². The Kier molecular flexibility index (Phi) is 7.67. The number of aryl methyl sites for hydroxylation is 2. The lowest BCUT2D eigenvalue weighted by atomic mass is 9.99. The third-order valence-corrected chi connectivity index (χ3v) is 5.88. The molecule has 4 aromatic carbocycles. The summed E-state index contributed by atoms with van der Waals surface area (Å²) in [5.74, 6) is 3.32. The fourth-order valence-corrected chi connectivity index (χ4v) is 3.94. The fraction of sp³-hybridized carbons (Fsp3) is 0.161. The van der Waals surface area contributed by atoms with Crippen molar-refractivity contribution in [3.05, 3.63) is 130 Å². The topological polar surface area (TPSA) is 0 Å². The Bertz CT molecular complexity index is 1410. The van der Waals surface area contributed by atoms with Crippen LogP contribution < -0.4 is 0 Å². The Morgan fingerprint density at radius 1 is 0.600 bits per heavy atom. The summed E-state index contributed by atoms with van der Waals surface area (Å²) in [5, 5.41) is 1.19. The zero-order chi connectivity index (χ0) is 24.8. The van der Waals surface area contributed by atoms with Gasteiger partial charge in [-0.25, -0.2) is 17.6 Å². The van der Waals surface area contributed by atoms with Gasteiger partial charge in [0.25, 0.3) is 0 Å². The van der Waals surface area contributed by atoms with Crippen LogP contribution in [-0.4, -0.2) is 0 Å². The average molecular weight is 473 g/mol. The minimum Gasteiger partial charge on any atom is -0.207 e. The molecule has 0 saturated carbocycles. The standard InChI is InChI=1S/C31H24F4/c1-2-3-4-5-24-17-28(32)27(29(33)18-24)15-13-22-8-6-21(7-9-22)10-11-23-12-14-25-19-30(34)31(35)20-26(25)16-23/h2-3,6-9,12,14,16-20H,4-5,13,15H2,1H3/b3-2+. The van der Waals surface area contributed by atoms with Gasteiger partial charge in [-0.3, -0.25) is 0 Å². The van der Waals surface area contributed by atoms with Crippen molar-refractivity contribution < 1.29 is 17.6 Å². The maximum atomic E-state index is 14.5. The zero-order valence-electron chi connectivity index (χ0n) is 19.3. The second-order valence-electron chi connectivity index (χ2n) is 8.42. The van der Waals surface area contributed by atoms with E-state index in [0.717, 1.165) is 29.7 Å². The molecule has 4 heteroatoms. The van der Waals surface area contributed by atoms with Crippen molar-refractivity contribution in [2.45, 2.75) is 32.6 Å². The molecule has 0 heterocycles.